The smallest absolute Gasteiger partial charge is 0.255 e. The number of hydrogen-bond acceptors (Lipinski definition) is 6. The van der Waals surface area contributed by atoms with Crippen molar-refractivity contribution in [2.24, 2.45) is 21.5 Å². The van der Waals surface area contributed by atoms with Crippen molar-refractivity contribution in [1.29, 1.82) is 0 Å². The Bertz CT molecular complexity index is 962. The Balaban J connectivity index is 1.57. The summed E-state index contributed by atoms with van der Waals surface area (Å²) in [7, 11) is 0. The summed E-state index contributed by atoms with van der Waals surface area (Å²) in [5.74, 6) is 0.353. The molecule has 8 heteroatoms. The maximum absolute atomic E-state index is 12.5. The molecule has 1 spiro atoms. The van der Waals surface area contributed by atoms with Crippen molar-refractivity contribution in [1.82, 2.24) is 0 Å². The van der Waals surface area contributed by atoms with Gasteiger partial charge in [0.1, 0.15) is 5.66 Å². The van der Waals surface area contributed by atoms with E-state index in [0.717, 1.165) is 31.4 Å². The molecule has 2 aromatic carbocycles. The second-order valence-corrected chi connectivity index (χ2v) is 7.76. The lowest BCUT2D eigenvalue weighted by atomic mass is 9.87. The second-order valence-electron chi connectivity index (χ2n) is 7.33. The summed E-state index contributed by atoms with van der Waals surface area (Å²) in [4.78, 5) is 23.3. The Morgan fingerprint density at radius 2 is 1.66 bits per heavy atom. The molecule has 1 heterocycles. The summed E-state index contributed by atoms with van der Waals surface area (Å²) in [5.41, 5.74) is 13.7. The van der Waals surface area contributed by atoms with Gasteiger partial charge < -0.3 is 16.8 Å². The Labute approximate surface area is 174 Å². The largest absolute Gasteiger partial charge is 0.369 e. The first-order chi connectivity index (χ1) is 14.0. The summed E-state index contributed by atoms with van der Waals surface area (Å²) in [6.07, 6.45) is 5.02. The van der Waals surface area contributed by atoms with Gasteiger partial charge in [-0.3, -0.25) is 9.69 Å². The van der Waals surface area contributed by atoms with Gasteiger partial charge in [-0.15, -0.1) is 0 Å². The van der Waals surface area contributed by atoms with Crippen LogP contribution in [0.2, 0.25) is 5.02 Å². The average Bonchev–Trinajstić information content (AvgIpc) is 2.70. The number of halogens is 1. The molecule has 1 saturated carbocycles. The molecule has 29 heavy (non-hydrogen) atoms. The number of hydrogen-bond donors (Lipinski definition) is 3. The maximum Gasteiger partial charge on any atom is 0.255 e. The molecular formula is C21H23ClN6O. The first kappa shape index (κ1) is 19.3. The number of nitrogens with zero attached hydrogens (tertiary/aromatic N) is 3. The van der Waals surface area contributed by atoms with Crippen molar-refractivity contribution in [3.63, 3.8) is 0 Å². The quantitative estimate of drug-likeness (QED) is 0.716. The molecule has 0 unspecified atom stereocenters. The molecule has 0 bridgehead atoms. The summed E-state index contributed by atoms with van der Waals surface area (Å²) < 4.78 is 0. The summed E-state index contributed by atoms with van der Waals surface area (Å²) in [5, 5.41) is 3.48. The van der Waals surface area contributed by atoms with E-state index in [9.17, 15) is 4.79 Å². The van der Waals surface area contributed by atoms with Crippen molar-refractivity contribution in [2.75, 3.05) is 10.2 Å². The van der Waals surface area contributed by atoms with Crippen molar-refractivity contribution in [3.8, 4) is 0 Å². The Morgan fingerprint density at radius 3 is 2.31 bits per heavy atom. The van der Waals surface area contributed by atoms with Crippen molar-refractivity contribution >= 4 is 40.8 Å². The molecule has 7 nitrogen and oxygen atoms in total. The zero-order valence-electron chi connectivity index (χ0n) is 15.9. The number of guanidine groups is 2. The molecule has 0 atom stereocenters. The van der Waals surface area contributed by atoms with Crippen LogP contribution in [0.4, 0.5) is 11.4 Å². The number of rotatable bonds is 3. The van der Waals surface area contributed by atoms with Crippen LogP contribution in [0.5, 0.6) is 0 Å². The van der Waals surface area contributed by atoms with Gasteiger partial charge in [0.2, 0.25) is 11.9 Å². The zero-order valence-corrected chi connectivity index (χ0v) is 16.7. The molecule has 0 saturated heterocycles. The van der Waals surface area contributed by atoms with E-state index < -0.39 is 5.66 Å². The number of carbonyl (C=O) groups excluding carboxylic acids is 1. The van der Waals surface area contributed by atoms with Gasteiger partial charge in [0.15, 0.2) is 0 Å². The molecule has 1 fully saturated rings. The number of anilines is 2. The van der Waals surface area contributed by atoms with Crippen LogP contribution in [0.3, 0.4) is 0 Å². The van der Waals surface area contributed by atoms with Crippen LogP contribution in [-0.4, -0.2) is 23.5 Å². The highest BCUT2D eigenvalue weighted by Crippen LogP contribution is 2.39. The minimum Gasteiger partial charge on any atom is -0.369 e. The number of amides is 1. The predicted octanol–water partition coefficient (Wildman–Crippen LogP) is 3.70. The number of benzene rings is 2. The lowest BCUT2D eigenvalue weighted by molar-refractivity contribution is 0.102. The first-order valence-electron chi connectivity index (χ1n) is 9.64. The normalized spacial score (nSPS) is 18.2. The van der Waals surface area contributed by atoms with E-state index in [2.05, 4.69) is 15.3 Å². The van der Waals surface area contributed by atoms with Crippen molar-refractivity contribution < 1.29 is 4.79 Å². The molecule has 5 N–H and O–H groups in total. The molecule has 2 aromatic rings. The van der Waals surface area contributed by atoms with Crippen LogP contribution in [0, 0.1) is 0 Å². The topological polar surface area (TPSA) is 109 Å². The van der Waals surface area contributed by atoms with E-state index in [1.54, 1.807) is 36.4 Å². The van der Waals surface area contributed by atoms with Gasteiger partial charge in [-0.1, -0.05) is 18.0 Å². The fraction of sp³-hybridized carbons (Fsp3) is 0.286. The first-order valence-corrected chi connectivity index (χ1v) is 10.0. The van der Waals surface area contributed by atoms with Gasteiger partial charge in [-0.2, -0.15) is 4.99 Å². The van der Waals surface area contributed by atoms with Crippen molar-refractivity contribution in [3.05, 3.63) is 59.1 Å². The molecule has 1 aliphatic heterocycles. The zero-order chi connectivity index (χ0) is 20.4. The molecule has 4 rings (SSSR count). The Morgan fingerprint density at radius 1 is 1.00 bits per heavy atom. The summed E-state index contributed by atoms with van der Waals surface area (Å²) in [6, 6.07) is 14.3. The predicted molar refractivity (Wildman–Crippen MR) is 117 cm³/mol. The van der Waals surface area contributed by atoms with E-state index in [4.69, 9.17) is 23.1 Å². The van der Waals surface area contributed by atoms with Gasteiger partial charge in [-0.05, 0) is 74.2 Å². The van der Waals surface area contributed by atoms with Crippen LogP contribution in [0.25, 0.3) is 0 Å². The monoisotopic (exact) mass is 410 g/mol. The lowest BCUT2D eigenvalue weighted by Crippen LogP contribution is -2.58. The minimum absolute atomic E-state index is 0.200. The average molecular weight is 411 g/mol. The van der Waals surface area contributed by atoms with Crippen LogP contribution >= 0.6 is 11.6 Å². The van der Waals surface area contributed by atoms with Crippen LogP contribution in [0.15, 0.2) is 58.5 Å². The highest BCUT2D eigenvalue weighted by atomic mass is 35.5. The van der Waals surface area contributed by atoms with E-state index in [-0.39, 0.29) is 11.9 Å². The standard InChI is InChI=1S/C21H23ClN6O/c22-15-6-8-16(9-7-15)25-18(29)14-4-10-17(11-5-14)28-20(24)26-19(23)27-21(28)12-2-1-3-13-21/h4-11H,1-3,12-13H2,(H,25,29)(H4,23,24,26,27). The molecule has 1 amide bonds. The molecular weight excluding hydrogens is 388 g/mol. The SMILES string of the molecule is NC1=NC2(CCCCC2)N(c2ccc(C(=O)Nc3ccc(Cl)cc3)cc2)C(N)=N1. The highest BCUT2D eigenvalue weighted by Gasteiger charge is 2.42. The third-order valence-corrected chi connectivity index (χ3v) is 5.59. The van der Waals surface area contributed by atoms with Crippen LogP contribution < -0.4 is 21.7 Å². The number of nitrogens with two attached hydrogens (primary N) is 2. The fourth-order valence-electron chi connectivity index (χ4n) is 3.99. The molecule has 2 aliphatic rings. The van der Waals surface area contributed by atoms with E-state index >= 15 is 0 Å². The van der Waals surface area contributed by atoms with E-state index in [0.29, 0.717) is 22.2 Å². The third-order valence-electron chi connectivity index (χ3n) is 5.34. The van der Waals surface area contributed by atoms with Crippen LogP contribution in [-0.2, 0) is 0 Å². The van der Waals surface area contributed by atoms with Gasteiger partial charge in [0.05, 0.1) is 0 Å². The Hall–Kier alpha value is -3.06. The number of aliphatic imine (C=N–C) groups is 2. The van der Waals surface area contributed by atoms with Crippen LogP contribution in [0.1, 0.15) is 42.5 Å². The highest BCUT2D eigenvalue weighted by molar-refractivity contribution is 6.30. The molecule has 0 aromatic heterocycles. The number of nitrogens with one attached hydrogen (secondary N) is 1. The van der Waals surface area contributed by atoms with Crippen molar-refractivity contribution in [2.45, 2.75) is 37.8 Å². The van der Waals surface area contributed by atoms with E-state index in [1.165, 1.54) is 6.42 Å². The molecule has 0 radical (unpaired) electrons. The second kappa shape index (κ2) is 7.75. The van der Waals surface area contributed by atoms with Gasteiger partial charge >= 0.3 is 0 Å². The lowest BCUT2D eigenvalue weighted by Gasteiger charge is -2.45. The number of carbonyl (C=O) groups is 1. The van der Waals surface area contributed by atoms with Gasteiger partial charge in [0, 0.05) is 22.0 Å². The van der Waals surface area contributed by atoms with Gasteiger partial charge in [0.25, 0.3) is 5.91 Å². The summed E-state index contributed by atoms with van der Waals surface area (Å²) >= 11 is 5.88. The molecule has 150 valence electrons. The fourth-order valence-corrected chi connectivity index (χ4v) is 4.12. The molecule has 1 aliphatic carbocycles. The van der Waals surface area contributed by atoms with Gasteiger partial charge in [-0.25, -0.2) is 4.99 Å². The minimum atomic E-state index is -0.499. The van der Waals surface area contributed by atoms with E-state index in [1.807, 2.05) is 17.0 Å². The maximum atomic E-state index is 12.5. The Kier molecular flexibility index (Phi) is 5.15. The summed E-state index contributed by atoms with van der Waals surface area (Å²) in [6.45, 7) is 0. The third kappa shape index (κ3) is 3.91.